The van der Waals surface area contributed by atoms with Crippen molar-refractivity contribution < 1.29 is 9.59 Å². The number of nitrogens with one attached hydrogen (secondary N) is 1. The molecule has 0 aliphatic rings. The summed E-state index contributed by atoms with van der Waals surface area (Å²) >= 11 is 0. The van der Waals surface area contributed by atoms with Crippen LogP contribution in [-0.4, -0.2) is 21.6 Å². The van der Waals surface area contributed by atoms with Crippen LogP contribution in [0.2, 0.25) is 0 Å². The van der Waals surface area contributed by atoms with Gasteiger partial charge >= 0.3 is 0 Å². The maximum atomic E-state index is 12.2. The molecule has 24 heavy (non-hydrogen) atoms. The number of hydrogen-bond acceptors (Lipinski definition) is 4. The Kier molecular flexibility index (Phi) is 4.07. The summed E-state index contributed by atoms with van der Waals surface area (Å²) in [4.78, 5) is 35.0. The van der Waals surface area contributed by atoms with Crippen molar-refractivity contribution in [3.8, 4) is 0 Å². The van der Waals surface area contributed by atoms with Gasteiger partial charge in [-0.05, 0) is 36.4 Å². The van der Waals surface area contributed by atoms with Gasteiger partial charge in [-0.1, -0.05) is 12.1 Å². The molecule has 0 saturated carbocycles. The van der Waals surface area contributed by atoms with E-state index < -0.39 is 5.91 Å². The molecule has 3 aromatic rings. The van der Waals surface area contributed by atoms with Crippen LogP contribution in [0.15, 0.2) is 59.5 Å². The second-order valence-electron chi connectivity index (χ2n) is 5.17. The van der Waals surface area contributed by atoms with Gasteiger partial charge in [-0.15, -0.1) is 0 Å². The van der Waals surface area contributed by atoms with Gasteiger partial charge in [0.2, 0.25) is 17.2 Å². The van der Waals surface area contributed by atoms with Crippen molar-refractivity contribution in [1.29, 1.82) is 0 Å². The molecule has 3 N–H and O–H groups in total. The Hall–Kier alpha value is -3.48. The molecule has 120 valence electrons. The van der Waals surface area contributed by atoms with Crippen molar-refractivity contribution in [2.24, 2.45) is 5.73 Å². The smallest absolute Gasteiger partial charge is 0.248 e. The highest BCUT2D eigenvalue weighted by molar-refractivity contribution is 5.95. The van der Waals surface area contributed by atoms with Gasteiger partial charge in [0.15, 0.2) is 0 Å². The lowest BCUT2D eigenvalue weighted by Gasteiger charge is -2.10. The fourth-order valence-corrected chi connectivity index (χ4v) is 2.34. The summed E-state index contributed by atoms with van der Waals surface area (Å²) in [5.41, 5.74) is 6.47. The van der Waals surface area contributed by atoms with Gasteiger partial charge in [-0.2, -0.15) is 5.10 Å². The number of carbonyl (C=O) groups excluding carboxylic acids is 2. The summed E-state index contributed by atoms with van der Waals surface area (Å²) in [7, 11) is 0. The predicted molar refractivity (Wildman–Crippen MR) is 89.6 cm³/mol. The molecule has 1 heterocycles. The van der Waals surface area contributed by atoms with Crippen LogP contribution in [0.4, 0.5) is 5.69 Å². The highest BCUT2D eigenvalue weighted by Gasteiger charge is 2.09. The Morgan fingerprint density at radius 2 is 1.79 bits per heavy atom. The van der Waals surface area contributed by atoms with Crippen molar-refractivity contribution in [2.75, 3.05) is 5.32 Å². The van der Waals surface area contributed by atoms with Gasteiger partial charge in [0.25, 0.3) is 0 Å². The van der Waals surface area contributed by atoms with Crippen LogP contribution in [-0.2, 0) is 11.3 Å². The molecule has 3 rings (SSSR count). The molecule has 0 atom stereocenters. The van der Waals surface area contributed by atoms with E-state index in [1.807, 2.05) is 0 Å². The number of benzene rings is 2. The van der Waals surface area contributed by atoms with Gasteiger partial charge in [0.05, 0.1) is 11.7 Å². The number of hydrogen-bond donors (Lipinski definition) is 2. The lowest BCUT2D eigenvalue weighted by atomic mass is 10.2. The van der Waals surface area contributed by atoms with Crippen molar-refractivity contribution in [3.63, 3.8) is 0 Å². The van der Waals surface area contributed by atoms with Gasteiger partial charge in [0.1, 0.15) is 6.54 Å². The SMILES string of the molecule is NC(=O)c1ccc(NC(=O)Cn2ncc(=O)c3ccccc32)cc1. The van der Waals surface area contributed by atoms with E-state index in [2.05, 4.69) is 10.4 Å². The van der Waals surface area contributed by atoms with Crippen molar-refractivity contribution in [3.05, 3.63) is 70.5 Å². The maximum absolute atomic E-state index is 12.2. The number of nitrogens with two attached hydrogens (primary N) is 1. The number of rotatable bonds is 4. The minimum Gasteiger partial charge on any atom is -0.366 e. The third-order valence-electron chi connectivity index (χ3n) is 3.51. The van der Waals surface area contributed by atoms with Crippen molar-refractivity contribution >= 4 is 28.4 Å². The van der Waals surface area contributed by atoms with E-state index in [-0.39, 0.29) is 17.9 Å². The largest absolute Gasteiger partial charge is 0.366 e. The average molecular weight is 322 g/mol. The predicted octanol–water partition coefficient (Wildman–Crippen LogP) is 1.13. The highest BCUT2D eigenvalue weighted by Crippen LogP contribution is 2.11. The van der Waals surface area contributed by atoms with Crippen LogP contribution in [0.3, 0.4) is 0 Å². The second kappa shape index (κ2) is 6.33. The van der Waals surface area contributed by atoms with E-state index in [1.54, 1.807) is 36.4 Å². The highest BCUT2D eigenvalue weighted by atomic mass is 16.2. The van der Waals surface area contributed by atoms with Crippen molar-refractivity contribution in [1.82, 2.24) is 9.78 Å². The van der Waals surface area contributed by atoms with Gasteiger partial charge in [-0.25, -0.2) is 0 Å². The Morgan fingerprint density at radius 1 is 1.08 bits per heavy atom. The molecule has 7 heteroatoms. The summed E-state index contributed by atoms with van der Waals surface area (Å²) in [5, 5.41) is 7.22. The third-order valence-corrected chi connectivity index (χ3v) is 3.51. The number of amides is 2. The third kappa shape index (κ3) is 3.14. The Labute approximate surface area is 136 Å². The topological polar surface area (TPSA) is 107 Å². The van der Waals surface area contributed by atoms with Crippen LogP contribution in [0.25, 0.3) is 10.9 Å². The summed E-state index contributed by atoms with van der Waals surface area (Å²) in [6.45, 7) is -0.0433. The fourth-order valence-electron chi connectivity index (χ4n) is 2.34. The number of primary amides is 1. The first-order chi connectivity index (χ1) is 11.5. The molecule has 0 bridgehead atoms. The monoisotopic (exact) mass is 322 g/mol. The number of carbonyl (C=O) groups is 2. The van der Waals surface area contributed by atoms with Gasteiger partial charge in [-0.3, -0.25) is 19.1 Å². The zero-order chi connectivity index (χ0) is 17.1. The first kappa shape index (κ1) is 15.4. The van der Waals surface area contributed by atoms with E-state index in [0.29, 0.717) is 22.2 Å². The Bertz CT molecular complexity index is 977. The average Bonchev–Trinajstić information content (AvgIpc) is 2.58. The molecule has 2 amide bonds. The van der Waals surface area contributed by atoms with E-state index >= 15 is 0 Å². The van der Waals surface area contributed by atoms with Gasteiger partial charge < -0.3 is 11.1 Å². The maximum Gasteiger partial charge on any atom is 0.248 e. The van der Waals surface area contributed by atoms with Crippen LogP contribution < -0.4 is 16.5 Å². The zero-order valence-electron chi connectivity index (χ0n) is 12.6. The lowest BCUT2D eigenvalue weighted by Crippen LogP contribution is -2.22. The van der Waals surface area contributed by atoms with Crippen LogP contribution in [0.5, 0.6) is 0 Å². The minimum atomic E-state index is -0.531. The quantitative estimate of drug-likeness (QED) is 0.751. The van der Waals surface area contributed by atoms with E-state index in [0.717, 1.165) is 0 Å². The number of fused-ring (bicyclic) bond motifs is 1. The zero-order valence-corrected chi connectivity index (χ0v) is 12.6. The second-order valence-corrected chi connectivity index (χ2v) is 5.17. The first-order valence-electron chi connectivity index (χ1n) is 7.19. The normalized spacial score (nSPS) is 10.5. The minimum absolute atomic E-state index is 0.0433. The summed E-state index contributed by atoms with van der Waals surface area (Å²) in [5.74, 6) is -0.833. The van der Waals surface area contributed by atoms with Gasteiger partial charge in [0, 0.05) is 16.6 Å². The van der Waals surface area contributed by atoms with E-state index in [4.69, 9.17) is 5.73 Å². The fraction of sp³-hybridized carbons (Fsp3) is 0.0588. The molecule has 2 aromatic carbocycles. The molecular weight excluding hydrogens is 308 g/mol. The Balaban J connectivity index is 1.79. The molecular formula is C17H14N4O3. The molecule has 0 saturated heterocycles. The molecule has 0 unspecified atom stereocenters. The molecule has 0 fully saturated rings. The number of anilines is 1. The summed E-state index contributed by atoms with van der Waals surface area (Å²) in [6.07, 6.45) is 1.19. The van der Waals surface area contributed by atoms with E-state index in [9.17, 15) is 14.4 Å². The molecule has 0 spiro atoms. The summed E-state index contributed by atoms with van der Waals surface area (Å²) in [6, 6.07) is 13.2. The molecule has 7 nitrogen and oxygen atoms in total. The first-order valence-corrected chi connectivity index (χ1v) is 7.19. The Morgan fingerprint density at radius 3 is 2.50 bits per heavy atom. The number of para-hydroxylation sites is 1. The van der Waals surface area contributed by atoms with Crippen LogP contribution >= 0.6 is 0 Å². The van der Waals surface area contributed by atoms with Crippen molar-refractivity contribution in [2.45, 2.75) is 6.54 Å². The van der Waals surface area contributed by atoms with E-state index in [1.165, 1.54) is 23.0 Å². The standard InChI is InChI=1S/C17H14N4O3/c18-17(24)11-5-7-12(8-6-11)20-16(23)10-21-14-4-2-1-3-13(14)15(22)9-19-21/h1-9H,10H2,(H2,18,24)(H,20,23). The molecule has 0 radical (unpaired) electrons. The lowest BCUT2D eigenvalue weighted by molar-refractivity contribution is -0.116. The number of nitrogens with zero attached hydrogens (tertiary/aromatic N) is 2. The molecule has 0 aliphatic heterocycles. The van der Waals surface area contributed by atoms with Crippen LogP contribution in [0, 0.1) is 0 Å². The molecule has 0 aliphatic carbocycles. The summed E-state index contributed by atoms with van der Waals surface area (Å²) < 4.78 is 1.46. The molecule has 1 aromatic heterocycles. The number of aromatic nitrogens is 2. The van der Waals surface area contributed by atoms with Crippen LogP contribution in [0.1, 0.15) is 10.4 Å².